The second-order valence-electron chi connectivity index (χ2n) is 7.57. The monoisotopic (exact) mass is 359 g/mol. The molecule has 4 heteroatoms. The summed E-state index contributed by atoms with van der Waals surface area (Å²) in [6.45, 7) is 4.72. The van der Waals surface area contributed by atoms with Gasteiger partial charge in [0.15, 0.2) is 0 Å². The first-order valence-corrected chi connectivity index (χ1v) is 9.67. The molecule has 1 aromatic carbocycles. The molecular formula is C21H30ClN3. The van der Waals surface area contributed by atoms with Crippen LogP contribution in [0, 0.1) is 11.8 Å². The van der Waals surface area contributed by atoms with Crippen molar-refractivity contribution in [3.8, 4) is 0 Å². The highest BCUT2D eigenvalue weighted by Crippen LogP contribution is 2.30. The molecule has 0 spiro atoms. The van der Waals surface area contributed by atoms with Gasteiger partial charge in [-0.3, -0.25) is 4.98 Å². The predicted molar refractivity (Wildman–Crippen MR) is 108 cm³/mol. The van der Waals surface area contributed by atoms with Gasteiger partial charge < -0.3 is 10.6 Å². The minimum atomic E-state index is 0. The van der Waals surface area contributed by atoms with E-state index in [1.807, 2.05) is 6.20 Å². The van der Waals surface area contributed by atoms with Gasteiger partial charge in [0.05, 0.1) is 5.52 Å². The van der Waals surface area contributed by atoms with Crippen molar-refractivity contribution in [3.05, 3.63) is 41.6 Å². The molecule has 2 aliphatic rings. The van der Waals surface area contributed by atoms with E-state index in [9.17, 15) is 0 Å². The van der Waals surface area contributed by atoms with E-state index in [2.05, 4.69) is 39.9 Å². The summed E-state index contributed by atoms with van der Waals surface area (Å²) in [4.78, 5) is 4.60. The van der Waals surface area contributed by atoms with Gasteiger partial charge in [-0.15, -0.1) is 12.4 Å². The van der Waals surface area contributed by atoms with Gasteiger partial charge in [0.2, 0.25) is 0 Å². The number of nitrogens with one attached hydrogen (secondary N) is 2. The Morgan fingerprint density at radius 3 is 2.16 bits per heavy atom. The highest BCUT2D eigenvalue weighted by Gasteiger charge is 2.20. The Balaban J connectivity index is 0.00000182. The van der Waals surface area contributed by atoms with Gasteiger partial charge in [0, 0.05) is 11.6 Å². The van der Waals surface area contributed by atoms with Crippen LogP contribution in [-0.4, -0.2) is 31.2 Å². The molecule has 0 bridgehead atoms. The fourth-order valence-corrected chi connectivity index (χ4v) is 4.46. The Labute approximate surface area is 157 Å². The molecule has 0 aliphatic carbocycles. The van der Waals surface area contributed by atoms with E-state index in [0.29, 0.717) is 0 Å². The first-order chi connectivity index (χ1) is 11.9. The first kappa shape index (κ1) is 18.6. The molecule has 2 aliphatic heterocycles. The molecule has 0 saturated carbocycles. The molecule has 2 saturated heterocycles. The third kappa shape index (κ3) is 4.52. The number of hydrogen-bond donors (Lipinski definition) is 2. The predicted octanol–water partition coefficient (Wildman–Crippen LogP) is 3.74. The quantitative estimate of drug-likeness (QED) is 0.873. The largest absolute Gasteiger partial charge is 0.317 e. The molecule has 136 valence electrons. The number of fused-ring (bicyclic) bond motifs is 1. The van der Waals surface area contributed by atoms with Crippen LogP contribution >= 0.6 is 12.4 Å². The van der Waals surface area contributed by atoms with Crippen LogP contribution in [0.4, 0.5) is 0 Å². The molecular weight excluding hydrogens is 330 g/mol. The maximum Gasteiger partial charge on any atom is 0.0704 e. The van der Waals surface area contributed by atoms with Crippen molar-refractivity contribution in [3.63, 3.8) is 0 Å². The van der Waals surface area contributed by atoms with Crippen LogP contribution in [0.3, 0.4) is 0 Å². The van der Waals surface area contributed by atoms with Gasteiger partial charge in [0.25, 0.3) is 0 Å². The molecule has 2 fully saturated rings. The Bertz CT molecular complexity index is 676. The number of aromatic nitrogens is 1. The molecule has 25 heavy (non-hydrogen) atoms. The number of nitrogens with zero attached hydrogens (tertiary/aromatic N) is 1. The second kappa shape index (κ2) is 8.98. The van der Waals surface area contributed by atoms with Gasteiger partial charge in [-0.2, -0.15) is 0 Å². The summed E-state index contributed by atoms with van der Waals surface area (Å²) in [6, 6.07) is 8.98. The molecule has 0 amide bonds. The summed E-state index contributed by atoms with van der Waals surface area (Å²) in [5.74, 6) is 1.66. The second-order valence-corrected chi connectivity index (χ2v) is 7.57. The molecule has 1 aromatic heterocycles. The van der Waals surface area contributed by atoms with Crippen LogP contribution in [-0.2, 0) is 12.8 Å². The van der Waals surface area contributed by atoms with Crippen LogP contribution in [0.15, 0.2) is 30.5 Å². The van der Waals surface area contributed by atoms with E-state index >= 15 is 0 Å². The van der Waals surface area contributed by atoms with Crippen LogP contribution in [0.5, 0.6) is 0 Å². The highest BCUT2D eigenvalue weighted by molar-refractivity contribution is 5.85. The third-order valence-corrected chi connectivity index (χ3v) is 5.91. The van der Waals surface area contributed by atoms with Crippen molar-refractivity contribution in [2.24, 2.45) is 11.8 Å². The summed E-state index contributed by atoms with van der Waals surface area (Å²) in [7, 11) is 0. The zero-order chi connectivity index (χ0) is 16.2. The first-order valence-electron chi connectivity index (χ1n) is 9.67. The minimum Gasteiger partial charge on any atom is -0.317 e. The smallest absolute Gasteiger partial charge is 0.0704 e. The van der Waals surface area contributed by atoms with Gasteiger partial charge in [-0.25, -0.2) is 0 Å². The van der Waals surface area contributed by atoms with Crippen molar-refractivity contribution < 1.29 is 0 Å². The number of hydrogen-bond acceptors (Lipinski definition) is 3. The molecule has 2 aromatic rings. The molecule has 4 rings (SSSR count). The summed E-state index contributed by atoms with van der Waals surface area (Å²) in [5.41, 5.74) is 4.34. The summed E-state index contributed by atoms with van der Waals surface area (Å²) in [5, 5.41) is 8.38. The van der Waals surface area contributed by atoms with Crippen molar-refractivity contribution in [2.75, 3.05) is 26.2 Å². The molecule has 0 radical (unpaired) electrons. The zero-order valence-electron chi connectivity index (χ0n) is 15.0. The van der Waals surface area contributed by atoms with Gasteiger partial charge in [0.1, 0.15) is 0 Å². The average Bonchev–Trinajstić information content (AvgIpc) is 2.65. The zero-order valence-corrected chi connectivity index (χ0v) is 15.8. The lowest BCUT2D eigenvalue weighted by Gasteiger charge is -2.27. The summed E-state index contributed by atoms with van der Waals surface area (Å²) < 4.78 is 0. The van der Waals surface area contributed by atoms with Gasteiger partial charge in [-0.1, -0.05) is 12.1 Å². The van der Waals surface area contributed by atoms with Gasteiger partial charge >= 0.3 is 0 Å². The SMILES string of the molecule is Cl.c1cnc2ccc(CC3CCNCC3)c(CC3CCNCC3)c2c1. The number of piperidine rings is 2. The third-order valence-electron chi connectivity index (χ3n) is 5.91. The Morgan fingerprint density at radius 2 is 1.48 bits per heavy atom. The maximum absolute atomic E-state index is 4.60. The Kier molecular flexibility index (Phi) is 6.69. The van der Waals surface area contributed by atoms with Crippen LogP contribution in [0.25, 0.3) is 10.9 Å². The Hall–Kier alpha value is -1.16. The van der Waals surface area contributed by atoms with E-state index in [0.717, 1.165) is 17.4 Å². The van der Waals surface area contributed by atoms with Gasteiger partial charge in [-0.05, 0) is 99.8 Å². The Morgan fingerprint density at radius 1 is 0.840 bits per heavy atom. The lowest BCUT2D eigenvalue weighted by molar-refractivity contribution is 0.363. The molecule has 0 unspecified atom stereocenters. The lowest BCUT2D eigenvalue weighted by Crippen LogP contribution is -2.30. The van der Waals surface area contributed by atoms with E-state index < -0.39 is 0 Å². The molecule has 3 nitrogen and oxygen atoms in total. The summed E-state index contributed by atoms with van der Waals surface area (Å²) in [6.07, 6.45) is 9.64. The van der Waals surface area contributed by atoms with Crippen molar-refractivity contribution >= 4 is 23.3 Å². The summed E-state index contributed by atoms with van der Waals surface area (Å²) >= 11 is 0. The molecule has 3 heterocycles. The van der Waals surface area contributed by atoms with Crippen LogP contribution in [0.1, 0.15) is 36.8 Å². The van der Waals surface area contributed by atoms with E-state index in [4.69, 9.17) is 0 Å². The van der Waals surface area contributed by atoms with Crippen LogP contribution < -0.4 is 10.6 Å². The van der Waals surface area contributed by atoms with E-state index in [-0.39, 0.29) is 12.4 Å². The standard InChI is InChI=1S/C21H29N3.ClH/c1-2-19-20(15-17-7-12-23-13-8-17)18(3-4-21(19)24-9-1)14-16-5-10-22-11-6-16;/h1-4,9,16-17,22-23H,5-8,10-15H2;1H. The number of benzene rings is 1. The van der Waals surface area contributed by atoms with E-state index in [1.165, 1.54) is 70.1 Å². The molecule has 2 N–H and O–H groups in total. The van der Waals surface area contributed by atoms with Crippen molar-refractivity contribution in [1.82, 2.24) is 15.6 Å². The number of pyridine rings is 1. The molecule has 0 atom stereocenters. The fourth-order valence-electron chi connectivity index (χ4n) is 4.46. The van der Waals surface area contributed by atoms with Crippen molar-refractivity contribution in [1.29, 1.82) is 0 Å². The maximum atomic E-state index is 4.60. The number of rotatable bonds is 4. The fraction of sp³-hybridized carbons (Fsp3) is 0.571. The average molecular weight is 360 g/mol. The van der Waals surface area contributed by atoms with E-state index in [1.54, 1.807) is 11.1 Å². The topological polar surface area (TPSA) is 37.0 Å². The minimum absolute atomic E-state index is 0. The normalized spacial score (nSPS) is 19.7. The number of halogens is 1. The van der Waals surface area contributed by atoms with Crippen molar-refractivity contribution in [2.45, 2.75) is 38.5 Å². The lowest BCUT2D eigenvalue weighted by atomic mass is 9.83. The highest BCUT2D eigenvalue weighted by atomic mass is 35.5. The van der Waals surface area contributed by atoms with Crippen LogP contribution in [0.2, 0.25) is 0 Å².